The van der Waals surface area contributed by atoms with Gasteiger partial charge in [0.1, 0.15) is 19.0 Å². The van der Waals surface area contributed by atoms with Gasteiger partial charge >= 0.3 is 5.97 Å². The normalized spacial score (nSPS) is 20.0. The predicted octanol–water partition coefficient (Wildman–Crippen LogP) is 3.03. The van der Waals surface area contributed by atoms with Gasteiger partial charge in [-0.3, -0.25) is 0 Å². The molecule has 8 heteroatoms. The topological polar surface area (TPSA) is 82.1 Å². The maximum atomic E-state index is 13.0. The Kier molecular flexibility index (Phi) is 7.12. The first kappa shape index (κ1) is 22.3. The first-order chi connectivity index (χ1) is 14.3. The van der Waals surface area contributed by atoms with Crippen molar-refractivity contribution in [2.75, 3.05) is 26.3 Å². The Balaban J connectivity index is 1.61. The van der Waals surface area contributed by atoms with Crippen molar-refractivity contribution in [1.82, 2.24) is 4.31 Å². The van der Waals surface area contributed by atoms with Crippen molar-refractivity contribution < 1.29 is 27.4 Å². The molecule has 1 saturated heterocycles. The Bertz CT molecular complexity index is 981. The van der Waals surface area contributed by atoms with E-state index in [-0.39, 0.29) is 49.0 Å². The van der Waals surface area contributed by atoms with Crippen LogP contribution in [0.4, 0.5) is 0 Å². The van der Waals surface area contributed by atoms with Crippen molar-refractivity contribution in [1.29, 1.82) is 0 Å². The number of carbonyl (C=O) groups excluding carboxylic acids is 1. The maximum Gasteiger partial charge on any atom is 0.338 e. The smallest absolute Gasteiger partial charge is 0.338 e. The number of para-hydroxylation sites is 1. The minimum Gasteiger partial charge on any atom is -0.490 e. The second-order valence-electron chi connectivity index (χ2n) is 7.36. The minimum atomic E-state index is -3.73. The number of hydrogen-bond donors (Lipinski definition) is 0. The first-order valence-electron chi connectivity index (χ1n) is 9.88. The van der Waals surface area contributed by atoms with Crippen LogP contribution in [0.3, 0.4) is 0 Å². The van der Waals surface area contributed by atoms with Gasteiger partial charge in [-0.25, -0.2) is 13.2 Å². The lowest BCUT2D eigenvalue weighted by molar-refractivity contribution is -0.0440. The third-order valence-electron chi connectivity index (χ3n) is 4.76. The summed E-state index contributed by atoms with van der Waals surface area (Å²) in [5, 5.41) is 0. The SMILES string of the molecule is Cc1ccccc1OCCOC(=O)c1cccc(S(=O)(=O)N2CC(C)OC(C)C2)c1. The van der Waals surface area contributed by atoms with Crippen molar-refractivity contribution in [3.05, 3.63) is 59.7 Å². The van der Waals surface area contributed by atoms with Gasteiger partial charge in [0.15, 0.2) is 0 Å². The summed E-state index contributed by atoms with van der Waals surface area (Å²) < 4.78 is 43.9. The van der Waals surface area contributed by atoms with Gasteiger partial charge in [-0.2, -0.15) is 4.31 Å². The lowest BCUT2D eigenvalue weighted by Crippen LogP contribution is -2.48. The number of benzene rings is 2. The average Bonchev–Trinajstić information content (AvgIpc) is 2.71. The molecule has 2 aromatic rings. The first-order valence-corrected chi connectivity index (χ1v) is 11.3. The van der Waals surface area contributed by atoms with Gasteiger partial charge in [0.25, 0.3) is 0 Å². The average molecular weight is 434 g/mol. The number of hydrogen-bond acceptors (Lipinski definition) is 6. The summed E-state index contributed by atoms with van der Waals surface area (Å²) in [4.78, 5) is 12.4. The molecule has 2 unspecified atom stereocenters. The molecule has 162 valence electrons. The van der Waals surface area contributed by atoms with Gasteiger partial charge in [0, 0.05) is 13.1 Å². The summed E-state index contributed by atoms with van der Waals surface area (Å²) in [6.45, 7) is 6.43. The molecular weight excluding hydrogens is 406 g/mol. The van der Waals surface area contributed by atoms with E-state index in [0.717, 1.165) is 11.3 Å². The number of aryl methyl sites for hydroxylation is 1. The van der Waals surface area contributed by atoms with Crippen LogP contribution in [-0.2, 0) is 19.5 Å². The molecule has 30 heavy (non-hydrogen) atoms. The molecule has 0 bridgehead atoms. The fourth-order valence-corrected chi connectivity index (χ4v) is 4.98. The zero-order valence-corrected chi connectivity index (χ0v) is 18.2. The molecule has 1 aliphatic heterocycles. The van der Waals surface area contributed by atoms with E-state index in [2.05, 4.69) is 0 Å². The van der Waals surface area contributed by atoms with Crippen molar-refractivity contribution >= 4 is 16.0 Å². The number of ether oxygens (including phenoxy) is 3. The molecule has 3 rings (SSSR count). The van der Waals surface area contributed by atoms with E-state index in [1.807, 2.05) is 45.0 Å². The molecule has 0 amide bonds. The summed E-state index contributed by atoms with van der Waals surface area (Å²) >= 11 is 0. The van der Waals surface area contributed by atoms with Gasteiger partial charge in [0.2, 0.25) is 10.0 Å². The highest BCUT2D eigenvalue weighted by molar-refractivity contribution is 7.89. The van der Waals surface area contributed by atoms with Gasteiger partial charge in [-0.1, -0.05) is 24.3 Å². The standard InChI is InChI=1S/C22H27NO6S/c1-16-7-4-5-10-21(16)27-11-12-28-22(24)19-8-6-9-20(13-19)30(25,26)23-14-17(2)29-18(3)15-23/h4-10,13,17-18H,11-12,14-15H2,1-3H3. The summed E-state index contributed by atoms with van der Waals surface area (Å²) in [6.07, 6.45) is -0.380. The Hall–Kier alpha value is -2.42. The van der Waals surface area contributed by atoms with Gasteiger partial charge < -0.3 is 14.2 Å². The van der Waals surface area contributed by atoms with Crippen molar-refractivity contribution in [3.8, 4) is 5.75 Å². The molecule has 0 aliphatic carbocycles. The van der Waals surface area contributed by atoms with Gasteiger partial charge in [-0.05, 0) is 50.6 Å². The molecule has 2 atom stereocenters. The maximum absolute atomic E-state index is 13.0. The van der Waals surface area contributed by atoms with E-state index in [0.29, 0.717) is 0 Å². The predicted molar refractivity (Wildman–Crippen MR) is 112 cm³/mol. The Labute approximate surface area is 177 Å². The molecule has 1 aliphatic rings. The van der Waals surface area contributed by atoms with Crippen molar-refractivity contribution in [2.45, 2.75) is 37.9 Å². The van der Waals surface area contributed by atoms with E-state index >= 15 is 0 Å². The van der Waals surface area contributed by atoms with Crippen LogP contribution in [0.5, 0.6) is 5.75 Å². The molecule has 1 fully saturated rings. The van der Waals surface area contributed by atoms with Crippen LogP contribution in [0.2, 0.25) is 0 Å². The molecule has 0 saturated carbocycles. The number of sulfonamides is 1. The molecule has 0 spiro atoms. The fraction of sp³-hybridized carbons (Fsp3) is 0.409. The zero-order valence-electron chi connectivity index (χ0n) is 17.4. The van der Waals surface area contributed by atoms with Crippen LogP contribution in [-0.4, -0.2) is 57.2 Å². The third kappa shape index (κ3) is 5.38. The number of carbonyl (C=O) groups is 1. The lowest BCUT2D eigenvalue weighted by Gasteiger charge is -2.34. The monoisotopic (exact) mass is 433 g/mol. The second kappa shape index (κ2) is 9.59. The highest BCUT2D eigenvalue weighted by Crippen LogP contribution is 2.22. The summed E-state index contributed by atoms with van der Waals surface area (Å²) in [6, 6.07) is 13.5. The number of morpholine rings is 1. The van der Waals surface area contributed by atoms with Gasteiger partial charge in [0.05, 0.1) is 22.7 Å². The number of esters is 1. The van der Waals surface area contributed by atoms with Crippen LogP contribution < -0.4 is 4.74 Å². The lowest BCUT2D eigenvalue weighted by atomic mass is 10.2. The molecule has 7 nitrogen and oxygen atoms in total. The Morgan fingerprint density at radius 1 is 1.07 bits per heavy atom. The van der Waals surface area contributed by atoms with Gasteiger partial charge in [-0.15, -0.1) is 0 Å². The van der Waals surface area contributed by atoms with E-state index in [1.54, 1.807) is 6.07 Å². The zero-order chi connectivity index (χ0) is 21.7. The van der Waals surface area contributed by atoms with E-state index < -0.39 is 16.0 Å². The molecule has 0 radical (unpaired) electrons. The summed E-state index contributed by atoms with van der Waals surface area (Å²) in [5.41, 5.74) is 1.18. The van der Waals surface area contributed by atoms with Crippen molar-refractivity contribution in [2.24, 2.45) is 0 Å². The van der Waals surface area contributed by atoms with Crippen LogP contribution in [0.15, 0.2) is 53.4 Å². The highest BCUT2D eigenvalue weighted by Gasteiger charge is 2.32. The molecule has 0 N–H and O–H groups in total. The van der Waals surface area contributed by atoms with Crippen LogP contribution in [0, 0.1) is 6.92 Å². The van der Waals surface area contributed by atoms with E-state index in [1.165, 1.54) is 22.5 Å². The molecule has 0 aromatic heterocycles. The fourth-order valence-electron chi connectivity index (χ4n) is 3.35. The van der Waals surface area contributed by atoms with Crippen LogP contribution in [0.1, 0.15) is 29.8 Å². The molecule has 1 heterocycles. The van der Waals surface area contributed by atoms with Crippen LogP contribution >= 0.6 is 0 Å². The number of nitrogens with zero attached hydrogens (tertiary/aromatic N) is 1. The second-order valence-corrected chi connectivity index (χ2v) is 9.29. The molecular formula is C22H27NO6S. The summed E-state index contributed by atoms with van der Waals surface area (Å²) in [5.74, 6) is 0.139. The Morgan fingerprint density at radius 2 is 1.77 bits per heavy atom. The summed E-state index contributed by atoms with van der Waals surface area (Å²) in [7, 11) is -3.73. The van der Waals surface area contributed by atoms with E-state index in [4.69, 9.17) is 14.2 Å². The quantitative estimate of drug-likeness (QED) is 0.493. The van der Waals surface area contributed by atoms with Crippen LogP contribution in [0.25, 0.3) is 0 Å². The largest absolute Gasteiger partial charge is 0.490 e. The minimum absolute atomic E-state index is 0.0582. The number of rotatable bonds is 7. The van der Waals surface area contributed by atoms with E-state index in [9.17, 15) is 13.2 Å². The van der Waals surface area contributed by atoms with Crippen molar-refractivity contribution in [3.63, 3.8) is 0 Å². The molecule has 2 aromatic carbocycles. The third-order valence-corrected chi connectivity index (χ3v) is 6.59. The Morgan fingerprint density at radius 3 is 2.47 bits per heavy atom. The highest BCUT2D eigenvalue weighted by atomic mass is 32.2.